The van der Waals surface area contributed by atoms with Gasteiger partial charge in [0, 0.05) is 37.6 Å². The molecule has 30 heavy (non-hydrogen) atoms. The van der Waals surface area contributed by atoms with E-state index in [-0.39, 0.29) is 11.5 Å². The van der Waals surface area contributed by atoms with Crippen molar-refractivity contribution in [3.8, 4) is 0 Å². The number of aromatic amines is 2. The molecule has 3 aromatic rings. The number of anilines is 2. The highest BCUT2D eigenvalue weighted by Gasteiger charge is 2.23. The van der Waals surface area contributed by atoms with E-state index in [1.807, 2.05) is 19.0 Å². The maximum Gasteiger partial charge on any atom is 0.271 e. The molecule has 0 spiro atoms. The molecular weight excluding hydrogens is 452 g/mol. The SMILES string of the molecule is CN(C)CCN(C)C(=O)c1[nH]c2ncnc(Nc3cc4c([nH]c3=O)CN=C4)c2c1Br. The third-order valence-corrected chi connectivity index (χ3v) is 5.66. The van der Waals surface area contributed by atoms with Crippen LogP contribution in [0.25, 0.3) is 11.0 Å². The zero-order chi connectivity index (χ0) is 21.4. The minimum Gasteiger partial charge on any atom is -0.339 e. The van der Waals surface area contributed by atoms with Crippen molar-refractivity contribution < 1.29 is 4.79 Å². The zero-order valence-electron chi connectivity index (χ0n) is 16.8. The van der Waals surface area contributed by atoms with Crippen LogP contribution in [0, 0.1) is 0 Å². The highest BCUT2D eigenvalue weighted by atomic mass is 79.9. The summed E-state index contributed by atoms with van der Waals surface area (Å²) in [5, 5.41) is 3.66. The predicted molar refractivity (Wildman–Crippen MR) is 119 cm³/mol. The molecule has 3 N–H and O–H groups in total. The Bertz CT molecular complexity index is 1210. The topological polar surface area (TPSA) is 122 Å². The summed E-state index contributed by atoms with van der Waals surface area (Å²) in [7, 11) is 5.66. The van der Waals surface area contributed by atoms with Crippen molar-refractivity contribution in [2.24, 2.45) is 4.99 Å². The second-order valence-electron chi connectivity index (χ2n) is 7.33. The first-order chi connectivity index (χ1) is 14.3. The molecule has 4 heterocycles. The lowest BCUT2D eigenvalue weighted by atomic mass is 10.2. The fourth-order valence-electron chi connectivity index (χ4n) is 3.16. The van der Waals surface area contributed by atoms with E-state index in [4.69, 9.17) is 0 Å². The standard InChI is InChI=1S/C19H21BrN8O2/c1-27(2)4-5-28(3)19(30)15-14(20)13-16(22-9-23-17(13)26-15)24-11-6-10-7-21-8-12(10)25-18(11)29/h6-7,9H,4-5,8H2,1-3H3,(H,25,29)(H2,22,23,24,26). The van der Waals surface area contributed by atoms with Crippen molar-refractivity contribution in [2.45, 2.75) is 6.54 Å². The van der Waals surface area contributed by atoms with Crippen molar-refractivity contribution >= 4 is 50.6 Å². The Hall–Kier alpha value is -3.05. The Kier molecular flexibility index (Phi) is 5.39. The van der Waals surface area contributed by atoms with E-state index in [2.05, 4.69) is 46.2 Å². The van der Waals surface area contributed by atoms with Crippen LogP contribution in [0.15, 0.2) is 26.7 Å². The average Bonchev–Trinajstić information content (AvgIpc) is 3.30. The van der Waals surface area contributed by atoms with Crippen molar-refractivity contribution in [1.82, 2.24) is 29.7 Å². The first kappa shape index (κ1) is 20.2. The minimum absolute atomic E-state index is 0.167. The molecule has 0 atom stereocenters. The summed E-state index contributed by atoms with van der Waals surface area (Å²) in [5.74, 6) is 0.248. The molecular formula is C19H21BrN8O2. The van der Waals surface area contributed by atoms with Crippen LogP contribution in [0.4, 0.5) is 11.5 Å². The highest BCUT2D eigenvalue weighted by Crippen LogP contribution is 2.33. The fraction of sp³-hybridized carbons (Fsp3) is 0.316. The molecule has 1 amide bonds. The molecule has 0 bridgehead atoms. The second kappa shape index (κ2) is 8.00. The number of likely N-dealkylation sites (N-methyl/N-ethyl adjacent to an activating group) is 2. The number of nitrogens with one attached hydrogen (secondary N) is 3. The predicted octanol–water partition coefficient (Wildman–Crippen LogP) is 1.72. The number of amides is 1. The second-order valence-corrected chi connectivity index (χ2v) is 8.12. The van der Waals surface area contributed by atoms with E-state index in [9.17, 15) is 9.59 Å². The Labute approximate surface area is 180 Å². The molecule has 156 valence electrons. The van der Waals surface area contributed by atoms with E-state index < -0.39 is 0 Å². The maximum atomic E-state index is 12.9. The molecule has 0 saturated carbocycles. The van der Waals surface area contributed by atoms with E-state index >= 15 is 0 Å². The summed E-state index contributed by atoms with van der Waals surface area (Å²) in [6.45, 7) is 1.80. The maximum absolute atomic E-state index is 12.9. The summed E-state index contributed by atoms with van der Waals surface area (Å²) in [6, 6.07) is 1.74. The van der Waals surface area contributed by atoms with Gasteiger partial charge in [-0.05, 0) is 36.1 Å². The van der Waals surface area contributed by atoms with E-state index in [0.717, 1.165) is 17.8 Å². The first-order valence-electron chi connectivity index (χ1n) is 9.30. The zero-order valence-corrected chi connectivity index (χ0v) is 18.4. The summed E-state index contributed by atoms with van der Waals surface area (Å²) in [6.07, 6.45) is 3.10. The lowest BCUT2D eigenvalue weighted by Gasteiger charge is -2.19. The normalized spacial score (nSPS) is 12.6. The van der Waals surface area contributed by atoms with Gasteiger partial charge >= 0.3 is 0 Å². The van der Waals surface area contributed by atoms with Crippen LogP contribution in [0.3, 0.4) is 0 Å². The fourth-order valence-corrected chi connectivity index (χ4v) is 3.80. The average molecular weight is 473 g/mol. The number of pyridine rings is 1. The minimum atomic E-state index is -0.266. The van der Waals surface area contributed by atoms with Crippen LogP contribution in [0.5, 0.6) is 0 Å². The number of aliphatic imine (C=N–C) groups is 1. The molecule has 0 unspecified atom stereocenters. The van der Waals surface area contributed by atoms with Gasteiger partial charge < -0.3 is 25.1 Å². The van der Waals surface area contributed by atoms with Gasteiger partial charge in [0.25, 0.3) is 11.5 Å². The van der Waals surface area contributed by atoms with Crippen molar-refractivity contribution in [3.05, 3.63) is 44.2 Å². The molecule has 0 aromatic carbocycles. The summed E-state index contributed by atoms with van der Waals surface area (Å²) >= 11 is 3.52. The lowest BCUT2D eigenvalue weighted by molar-refractivity contribution is 0.0780. The van der Waals surface area contributed by atoms with Crippen molar-refractivity contribution in [3.63, 3.8) is 0 Å². The summed E-state index contributed by atoms with van der Waals surface area (Å²) in [4.78, 5) is 47.6. The molecule has 0 aliphatic carbocycles. The molecule has 11 heteroatoms. The van der Waals surface area contributed by atoms with Gasteiger partial charge in [-0.2, -0.15) is 0 Å². The van der Waals surface area contributed by atoms with Gasteiger partial charge in [-0.25, -0.2) is 9.97 Å². The third kappa shape index (κ3) is 3.73. The number of rotatable bonds is 6. The number of aromatic nitrogens is 4. The highest BCUT2D eigenvalue weighted by molar-refractivity contribution is 9.10. The van der Waals surface area contributed by atoms with Crippen LogP contribution in [-0.4, -0.2) is 76.1 Å². The lowest BCUT2D eigenvalue weighted by Crippen LogP contribution is -2.33. The van der Waals surface area contributed by atoms with Crippen LogP contribution in [0.2, 0.25) is 0 Å². The Morgan fingerprint density at radius 1 is 1.23 bits per heavy atom. The number of fused-ring (bicyclic) bond motifs is 2. The van der Waals surface area contributed by atoms with Gasteiger partial charge in [0.1, 0.15) is 29.2 Å². The van der Waals surface area contributed by atoms with Gasteiger partial charge in [0.05, 0.1) is 16.4 Å². The molecule has 4 rings (SSSR count). The smallest absolute Gasteiger partial charge is 0.271 e. The number of hydrogen-bond acceptors (Lipinski definition) is 7. The van der Waals surface area contributed by atoms with Crippen LogP contribution in [0.1, 0.15) is 21.7 Å². The largest absolute Gasteiger partial charge is 0.339 e. The number of carbonyl (C=O) groups is 1. The number of carbonyl (C=O) groups excluding carboxylic acids is 1. The van der Waals surface area contributed by atoms with Crippen LogP contribution in [-0.2, 0) is 6.54 Å². The van der Waals surface area contributed by atoms with Crippen LogP contribution >= 0.6 is 15.9 Å². The molecule has 1 aliphatic heterocycles. The Morgan fingerprint density at radius 2 is 2.03 bits per heavy atom. The van der Waals surface area contributed by atoms with Gasteiger partial charge in [-0.3, -0.25) is 14.6 Å². The molecule has 10 nitrogen and oxygen atoms in total. The van der Waals surface area contributed by atoms with Crippen molar-refractivity contribution in [2.75, 3.05) is 39.5 Å². The van der Waals surface area contributed by atoms with Gasteiger partial charge in [-0.15, -0.1) is 0 Å². The Morgan fingerprint density at radius 3 is 2.80 bits per heavy atom. The number of H-pyrrole nitrogens is 2. The van der Waals surface area contributed by atoms with E-state index in [1.54, 1.807) is 24.2 Å². The van der Waals surface area contributed by atoms with Gasteiger partial charge in [-0.1, -0.05) is 0 Å². The molecule has 0 radical (unpaired) electrons. The van der Waals surface area contributed by atoms with Gasteiger partial charge in [0.15, 0.2) is 0 Å². The van der Waals surface area contributed by atoms with E-state index in [1.165, 1.54) is 6.33 Å². The first-order valence-corrected chi connectivity index (χ1v) is 10.1. The van der Waals surface area contributed by atoms with Crippen LogP contribution < -0.4 is 10.9 Å². The summed E-state index contributed by atoms with van der Waals surface area (Å²) in [5.41, 5.74) is 2.58. The third-order valence-electron chi connectivity index (χ3n) is 4.86. The molecule has 1 aliphatic rings. The Balaban J connectivity index is 1.69. The summed E-state index contributed by atoms with van der Waals surface area (Å²) < 4.78 is 0.543. The number of hydrogen-bond donors (Lipinski definition) is 3. The van der Waals surface area contributed by atoms with E-state index in [0.29, 0.717) is 45.8 Å². The van der Waals surface area contributed by atoms with Gasteiger partial charge in [0.2, 0.25) is 0 Å². The van der Waals surface area contributed by atoms with Crippen molar-refractivity contribution in [1.29, 1.82) is 0 Å². The number of nitrogens with zero attached hydrogens (tertiary/aromatic N) is 5. The molecule has 0 saturated heterocycles. The molecule has 3 aromatic heterocycles. The molecule has 0 fully saturated rings. The monoisotopic (exact) mass is 472 g/mol. The number of halogens is 1. The quantitative estimate of drug-likeness (QED) is 0.501.